The quantitative estimate of drug-likeness (QED) is 0.918. The molecule has 1 saturated carbocycles. The first-order valence-electron chi connectivity index (χ1n) is 8.11. The molecule has 0 amide bonds. The number of hydrogen-bond acceptors (Lipinski definition) is 3. The number of piperazine rings is 1. The first-order chi connectivity index (χ1) is 9.72. The highest BCUT2D eigenvalue weighted by Crippen LogP contribution is 2.34. The van der Waals surface area contributed by atoms with E-state index in [1.54, 1.807) is 0 Å². The number of hydrogen-bond donors (Lipinski definition) is 1. The van der Waals surface area contributed by atoms with Crippen LogP contribution in [-0.4, -0.2) is 34.6 Å². The molecule has 1 N–H and O–H groups in total. The van der Waals surface area contributed by atoms with E-state index in [2.05, 4.69) is 35.1 Å². The number of nitrogens with one attached hydrogen (secondary N) is 1. The normalized spacial score (nSPS) is 26.2. The molecule has 110 valence electrons. The molecule has 1 spiro atoms. The van der Waals surface area contributed by atoms with E-state index in [-0.39, 0.29) is 0 Å². The second kappa shape index (κ2) is 5.82. The van der Waals surface area contributed by atoms with Gasteiger partial charge in [-0.15, -0.1) is 0 Å². The third kappa shape index (κ3) is 2.75. The minimum absolute atomic E-state index is 0.405. The molecule has 3 nitrogen and oxygen atoms in total. The van der Waals surface area contributed by atoms with Gasteiger partial charge in [-0.3, -0.25) is 9.88 Å². The predicted octanol–water partition coefficient (Wildman–Crippen LogP) is 2.89. The Morgan fingerprint density at radius 1 is 1.40 bits per heavy atom. The van der Waals surface area contributed by atoms with Crippen molar-refractivity contribution in [3.05, 3.63) is 29.6 Å². The fourth-order valence-electron chi connectivity index (χ4n) is 3.89. The number of pyridine rings is 1. The largest absolute Gasteiger partial charge is 0.308 e. The lowest BCUT2D eigenvalue weighted by molar-refractivity contribution is 0.0716. The standard InChI is InChI=1S/C17H27N3/c1-3-16-11-19-17(7-4-5-8-17)13-20(16)12-15-10-18-9-6-14(15)2/h6,9-10,16,19H,3-5,7-8,11-13H2,1-2H3. The van der Waals surface area contributed by atoms with Gasteiger partial charge in [-0.2, -0.15) is 0 Å². The molecule has 1 aromatic heterocycles. The molecule has 0 bridgehead atoms. The minimum atomic E-state index is 0.405. The van der Waals surface area contributed by atoms with E-state index in [4.69, 9.17) is 0 Å². The van der Waals surface area contributed by atoms with Crippen molar-refractivity contribution in [2.75, 3.05) is 13.1 Å². The molecule has 1 atom stereocenters. The summed E-state index contributed by atoms with van der Waals surface area (Å²) in [6, 6.07) is 2.80. The molecular formula is C17H27N3. The number of rotatable bonds is 3. The lowest BCUT2D eigenvalue weighted by Gasteiger charge is -2.46. The van der Waals surface area contributed by atoms with Crippen molar-refractivity contribution < 1.29 is 0 Å². The van der Waals surface area contributed by atoms with Gasteiger partial charge >= 0.3 is 0 Å². The number of aryl methyl sites for hydroxylation is 1. The van der Waals surface area contributed by atoms with E-state index in [9.17, 15) is 0 Å². The lowest BCUT2D eigenvalue weighted by Crippen LogP contribution is -2.62. The van der Waals surface area contributed by atoms with Crippen molar-refractivity contribution in [2.45, 2.75) is 64.1 Å². The lowest BCUT2D eigenvalue weighted by atomic mass is 9.91. The molecule has 1 aromatic rings. The maximum absolute atomic E-state index is 4.31. The molecular weight excluding hydrogens is 246 g/mol. The first-order valence-corrected chi connectivity index (χ1v) is 8.11. The zero-order valence-electron chi connectivity index (χ0n) is 12.9. The fraction of sp³-hybridized carbons (Fsp3) is 0.706. The molecule has 2 aliphatic rings. The number of aromatic nitrogens is 1. The molecule has 0 aromatic carbocycles. The van der Waals surface area contributed by atoms with Gasteiger partial charge in [-0.25, -0.2) is 0 Å². The highest BCUT2D eigenvalue weighted by molar-refractivity contribution is 5.21. The highest BCUT2D eigenvalue weighted by atomic mass is 15.3. The van der Waals surface area contributed by atoms with Gasteiger partial charge < -0.3 is 5.32 Å². The smallest absolute Gasteiger partial charge is 0.0315 e. The Hall–Kier alpha value is -0.930. The highest BCUT2D eigenvalue weighted by Gasteiger charge is 2.40. The molecule has 3 rings (SSSR count). The molecule has 1 unspecified atom stereocenters. The Balaban J connectivity index is 1.76. The van der Waals surface area contributed by atoms with Crippen molar-refractivity contribution in [3.63, 3.8) is 0 Å². The van der Waals surface area contributed by atoms with Crippen molar-refractivity contribution in [1.29, 1.82) is 0 Å². The van der Waals surface area contributed by atoms with Crippen LogP contribution in [0.4, 0.5) is 0 Å². The molecule has 20 heavy (non-hydrogen) atoms. The van der Waals surface area contributed by atoms with Crippen LogP contribution in [0.25, 0.3) is 0 Å². The summed E-state index contributed by atoms with van der Waals surface area (Å²) in [5, 5.41) is 3.87. The maximum Gasteiger partial charge on any atom is 0.0315 e. The summed E-state index contributed by atoms with van der Waals surface area (Å²) in [5.74, 6) is 0. The van der Waals surface area contributed by atoms with Gasteiger partial charge in [-0.05, 0) is 43.4 Å². The van der Waals surface area contributed by atoms with Crippen LogP contribution in [0.15, 0.2) is 18.5 Å². The second-order valence-electron chi connectivity index (χ2n) is 6.64. The fourth-order valence-corrected chi connectivity index (χ4v) is 3.89. The molecule has 1 saturated heterocycles. The summed E-state index contributed by atoms with van der Waals surface area (Å²) in [5.41, 5.74) is 3.16. The summed E-state index contributed by atoms with van der Waals surface area (Å²) >= 11 is 0. The summed E-state index contributed by atoms with van der Waals surface area (Å²) in [7, 11) is 0. The van der Waals surface area contributed by atoms with Crippen LogP contribution in [0, 0.1) is 6.92 Å². The summed E-state index contributed by atoms with van der Waals surface area (Å²) < 4.78 is 0. The molecule has 1 aliphatic heterocycles. The SMILES string of the molecule is CCC1CNC2(CCCC2)CN1Cc1cnccc1C. The zero-order chi connectivity index (χ0) is 14.0. The minimum Gasteiger partial charge on any atom is -0.308 e. The zero-order valence-corrected chi connectivity index (χ0v) is 12.9. The summed E-state index contributed by atoms with van der Waals surface area (Å²) in [4.78, 5) is 7.01. The van der Waals surface area contributed by atoms with E-state index in [0.29, 0.717) is 11.6 Å². The van der Waals surface area contributed by atoms with Crippen LogP contribution in [-0.2, 0) is 6.54 Å². The number of nitrogens with zero attached hydrogens (tertiary/aromatic N) is 2. The molecule has 0 radical (unpaired) electrons. The Labute approximate surface area is 122 Å². The Morgan fingerprint density at radius 2 is 2.20 bits per heavy atom. The van der Waals surface area contributed by atoms with Gasteiger partial charge in [0.2, 0.25) is 0 Å². The van der Waals surface area contributed by atoms with Crippen LogP contribution >= 0.6 is 0 Å². The van der Waals surface area contributed by atoms with Gasteiger partial charge in [-0.1, -0.05) is 19.8 Å². The van der Waals surface area contributed by atoms with Crippen molar-refractivity contribution in [1.82, 2.24) is 15.2 Å². The molecule has 1 aliphatic carbocycles. The topological polar surface area (TPSA) is 28.2 Å². The summed E-state index contributed by atoms with van der Waals surface area (Å²) in [6.45, 7) is 7.92. The third-order valence-corrected chi connectivity index (χ3v) is 5.29. The second-order valence-corrected chi connectivity index (χ2v) is 6.64. The van der Waals surface area contributed by atoms with Crippen LogP contribution in [0.3, 0.4) is 0 Å². The third-order valence-electron chi connectivity index (χ3n) is 5.29. The van der Waals surface area contributed by atoms with Gasteiger partial charge in [0.05, 0.1) is 0 Å². The monoisotopic (exact) mass is 273 g/mol. The Morgan fingerprint density at radius 3 is 2.90 bits per heavy atom. The van der Waals surface area contributed by atoms with Crippen molar-refractivity contribution in [3.8, 4) is 0 Å². The van der Waals surface area contributed by atoms with Gasteiger partial charge in [0, 0.05) is 43.6 Å². The van der Waals surface area contributed by atoms with Crippen LogP contribution < -0.4 is 5.32 Å². The molecule has 2 fully saturated rings. The average Bonchev–Trinajstić information content (AvgIpc) is 2.90. The molecule has 2 heterocycles. The van der Waals surface area contributed by atoms with E-state index < -0.39 is 0 Å². The predicted molar refractivity (Wildman–Crippen MR) is 82.7 cm³/mol. The van der Waals surface area contributed by atoms with Crippen LogP contribution in [0.5, 0.6) is 0 Å². The van der Waals surface area contributed by atoms with E-state index >= 15 is 0 Å². The summed E-state index contributed by atoms with van der Waals surface area (Å²) in [6.07, 6.45) is 10.7. The van der Waals surface area contributed by atoms with Crippen LogP contribution in [0.1, 0.15) is 50.2 Å². The van der Waals surface area contributed by atoms with Gasteiger partial charge in [0.1, 0.15) is 0 Å². The van der Waals surface area contributed by atoms with E-state index in [0.717, 1.165) is 13.1 Å². The van der Waals surface area contributed by atoms with E-state index in [1.165, 1.54) is 49.8 Å². The van der Waals surface area contributed by atoms with Gasteiger partial charge in [0.25, 0.3) is 0 Å². The maximum atomic E-state index is 4.31. The van der Waals surface area contributed by atoms with E-state index in [1.807, 2.05) is 12.4 Å². The van der Waals surface area contributed by atoms with Gasteiger partial charge in [0.15, 0.2) is 0 Å². The van der Waals surface area contributed by atoms with Crippen molar-refractivity contribution in [2.24, 2.45) is 0 Å². The first kappa shape index (κ1) is 14.0. The Kier molecular flexibility index (Phi) is 4.08. The average molecular weight is 273 g/mol. The van der Waals surface area contributed by atoms with Crippen molar-refractivity contribution >= 4 is 0 Å². The molecule has 3 heteroatoms. The Bertz CT molecular complexity index is 451. The van der Waals surface area contributed by atoms with Crippen LogP contribution in [0.2, 0.25) is 0 Å².